The first kappa shape index (κ1) is 11.6. The molecule has 0 bridgehead atoms. The molecule has 96 valence electrons. The number of rotatable bonds is 4. The van der Waals surface area contributed by atoms with Gasteiger partial charge in [0.25, 0.3) is 0 Å². The third-order valence-corrected chi connectivity index (χ3v) is 3.32. The molecule has 3 rings (SSSR count). The van der Waals surface area contributed by atoms with Gasteiger partial charge in [-0.1, -0.05) is 6.07 Å². The van der Waals surface area contributed by atoms with Gasteiger partial charge in [0.15, 0.2) is 0 Å². The monoisotopic (exact) mass is 248 g/mol. The summed E-state index contributed by atoms with van der Waals surface area (Å²) in [6.45, 7) is 2.83. The van der Waals surface area contributed by atoms with E-state index in [9.17, 15) is 5.11 Å². The summed E-state index contributed by atoms with van der Waals surface area (Å²) in [5.41, 5.74) is 2.01. The Morgan fingerprint density at radius 1 is 1.39 bits per heavy atom. The predicted octanol–water partition coefficient (Wildman–Crippen LogP) is 0.0368. The molecule has 6 heteroatoms. The third kappa shape index (κ3) is 2.35. The first-order chi connectivity index (χ1) is 8.75. The van der Waals surface area contributed by atoms with Gasteiger partial charge in [-0.15, -0.1) is 0 Å². The molecule has 1 aromatic carbocycles. The van der Waals surface area contributed by atoms with Crippen LogP contribution >= 0.6 is 0 Å². The summed E-state index contributed by atoms with van der Waals surface area (Å²) in [4.78, 5) is 0. The average molecular weight is 248 g/mol. The number of fused-ring (bicyclic) bond motifs is 1. The van der Waals surface area contributed by atoms with E-state index in [4.69, 9.17) is 0 Å². The zero-order chi connectivity index (χ0) is 12.4. The first-order valence-corrected chi connectivity index (χ1v) is 6.10. The van der Waals surface area contributed by atoms with Gasteiger partial charge >= 0.3 is 0 Å². The topological polar surface area (TPSA) is 83.2 Å². The highest BCUT2D eigenvalue weighted by atomic mass is 16.6. The lowest BCUT2D eigenvalue weighted by molar-refractivity contribution is 0.0609. The van der Waals surface area contributed by atoms with Crippen molar-refractivity contribution < 1.29 is 9.74 Å². The number of nitrogens with zero attached hydrogens (tertiary/aromatic N) is 2. The second-order valence-electron chi connectivity index (χ2n) is 4.84. The Bertz CT molecular complexity index is 534. The van der Waals surface area contributed by atoms with Crippen molar-refractivity contribution in [2.75, 3.05) is 19.6 Å². The lowest BCUT2D eigenvalue weighted by Gasteiger charge is -2.21. The number of hydrogen-bond acceptors (Lipinski definition) is 6. The lowest BCUT2D eigenvalue weighted by Crippen LogP contribution is -2.42. The van der Waals surface area contributed by atoms with Gasteiger partial charge in [-0.3, -0.25) is 0 Å². The van der Waals surface area contributed by atoms with Gasteiger partial charge in [-0.25, -0.2) is 4.63 Å². The Labute approximate surface area is 104 Å². The van der Waals surface area contributed by atoms with Gasteiger partial charge in [0.05, 0.1) is 5.60 Å². The fourth-order valence-corrected chi connectivity index (χ4v) is 2.26. The molecule has 6 nitrogen and oxygen atoms in total. The van der Waals surface area contributed by atoms with Crippen molar-refractivity contribution in [1.29, 1.82) is 0 Å². The molecule has 1 unspecified atom stereocenters. The van der Waals surface area contributed by atoms with Gasteiger partial charge in [0.1, 0.15) is 11.0 Å². The van der Waals surface area contributed by atoms with Crippen molar-refractivity contribution in [3.8, 4) is 0 Å². The molecule has 3 N–H and O–H groups in total. The molecule has 18 heavy (non-hydrogen) atoms. The van der Waals surface area contributed by atoms with E-state index in [1.165, 1.54) is 0 Å². The van der Waals surface area contributed by atoms with E-state index in [1.54, 1.807) is 0 Å². The molecule has 0 aliphatic carbocycles. The van der Waals surface area contributed by atoms with Crippen molar-refractivity contribution in [3.63, 3.8) is 0 Å². The summed E-state index contributed by atoms with van der Waals surface area (Å²) >= 11 is 0. The minimum Gasteiger partial charge on any atom is -0.387 e. The van der Waals surface area contributed by atoms with Gasteiger partial charge < -0.3 is 15.7 Å². The van der Waals surface area contributed by atoms with Crippen molar-refractivity contribution in [2.24, 2.45) is 0 Å². The number of nitrogens with one attached hydrogen (secondary N) is 2. The zero-order valence-electron chi connectivity index (χ0n) is 10.0. The van der Waals surface area contributed by atoms with E-state index in [-0.39, 0.29) is 0 Å². The largest absolute Gasteiger partial charge is 0.387 e. The summed E-state index contributed by atoms with van der Waals surface area (Å²) in [5, 5.41) is 24.1. The molecule has 0 saturated carbocycles. The minimum absolute atomic E-state index is 0.592. The van der Waals surface area contributed by atoms with Crippen LogP contribution in [-0.4, -0.2) is 40.7 Å². The molecule has 1 aromatic heterocycles. The van der Waals surface area contributed by atoms with Crippen LogP contribution < -0.4 is 10.6 Å². The van der Waals surface area contributed by atoms with E-state index in [0.717, 1.165) is 29.6 Å². The molecular formula is C12H16N4O2. The van der Waals surface area contributed by atoms with Crippen LogP contribution in [0, 0.1) is 0 Å². The molecule has 2 aromatic rings. The van der Waals surface area contributed by atoms with E-state index < -0.39 is 5.60 Å². The second-order valence-corrected chi connectivity index (χ2v) is 4.84. The summed E-state index contributed by atoms with van der Waals surface area (Å²) in [6.07, 6.45) is 0.798. The smallest absolute Gasteiger partial charge is 0.135 e. The van der Waals surface area contributed by atoms with Crippen LogP contribution in [0.15, 0.2) is 22.8 Å². The quantitative estimate of drug-likeness (QED) is 0.708. The summed E-state index contributed by atoms with van der Waals surface area (Å²) in [5.74, 6) is 0. The Morgan fingerprint density at radius 2 is 2.28 bits per heavy atom. The van der Waals surface area contributed by atoms with Crippen LogP contribution in [0.1, 0.15) is 12.0 Å². The van der Waals surface area contributed by atoms with Crippen molar-refractivity contribution in [1.82, 2.24) is 20.9 Å². The van der Waals surface area contributed by atoms with Crippen LogP contribution in [-0.2, 0) is 6.54 Å². The molecular weight excluding hydrogens is 232 g/mol. The van der Waals surface area contributed by atoms with Crippen molar-refractivity contribution in [2.45, 2.75) is 18.6 Å². The number of β-amino-alcohol motifs (C(OH)–C–C–N with tert-alkyl or cyclic N) is 1. The summed E-state index contributed by atoms with van der Waals surface area (Å²) in [7, 11) is 0. The van der Waals surface area contributed by atoms with Crippen LogP contribution in [0.5, 0.6) is 0 Å². The first-order valence-electron chi connectivity index (χ1n) is 6.10. The number of benzene rings is 1. The van der Waals surface area contributed by atoms with Gasteiger partial charge in [-0.2, -0.15) is 0 Å². The number of aromatic nitrogens is 2. The molecule has 1 atom stereocenters. The number of aliphatic hydroxyl groups is 1. The average Bonchev–Trinajstić information content (AvgIpc) is 2.97. The normalized spacial score (nSPS) is 23.8. The van der Waals surface area contributed by atoms with E-state index in [0.29, 0.717) is 19.6 Å². The molecule has 1 fully saturated rings. The van der Waals surface area contributed by atoms with E-state index in [2.05, 4.69) is 25.6 Å². The third-order valence-electron chi connectivity index (χ3n) is 3.32. The molecule has 0 radical (unpaired) electrons. The van der Waals surface area contributed by atoms with Crippen LogP contribution in [0.4, 0.5) is 0 Å². The SMILES string of the molecule is OC1(CNCc2ccc3nonc3c2)CCNC1. The minimum atomic E-state index is -0.612. The van der Waals surface area contributed by atoms with Crippen molar-refractivity contribution in [3.05, 3.63) is 23.8 Å². The zero-order valence-corrected chi connectivity index (χ0v) is 10.0. The molecule has 1 saturated heterocycles. The van der Waals surface area contributed by atoms with Crippen LogP contribution in [0.3, 0.4) is 0 Å². The van der Waals surface area contributed by atoms with Gasteiger partial charge in [0, 0.05) is 19.6 Å². The molecule has 0 spiro atoms. The Hall–Kier alpha value is -1.50. The van der Waals surface area contributed by atoms with E-state index in [1.807, 2.05) is 18.2 Å². The van der Waals surface area contributed by atoms with Gasteiger partial charge in [0.2, 0.25) is 0 Å². The Kier molecular flexibility index (Phi) is 2.99. The summed E-state index contributed by atoms with van der Waals surface area (Å²) < 4.78 is 4.65. The van der Waals surface area contributed by atoms with Crippen LogP contribution in [0.2, 0.25) is 0 Å². The number of hydrogen-bond donors (Lipinski definition) is 3. The van der Waals surface area contributed by atoms with Crippen LogP contribution in [0.25, 0.3) is 11.0 Å². The maximum atomic E-state index is 10.1. The van der Waals surface area contributed by atoms with Crippen molar-refractivity contribution >= 4 is 11.0 Å². The summed E-state index contributed by atoms with van der Waals surface area (Å²) in [6, 6.07) is 5.81. The molecule has 1 aliphatic heterocycles. The highest BCUT2D eigenvalue weighted by molar-refractivity contribution is 5.73. The molecule has 1 aliphatic rings. The van der Waals surface area contributed by atoms with E-state index >= 15 is 0 Å². The Balaban J connectivity index is 1.59. The standard InChI is InChI=1S/C12H16N4O2/c17-12(3-4-13-7-12)8-14-6-9-1-2-10-11(5-9)16-18-15-10/h1-2,5,13-14,17H,3-4,6-8H2. The molecule has 2 heterocycles. The predicted molar refractivity (Wildman–Crippen MR) is 65.9 cm³/mol. The van der Waals surface area contributed by atoms with Gasteiger partial charge in [-0.05, 0) is 41.0 Å². The highest BCUT2D eigenvalue weighted by Gasteiger charge is 2.30. The Morgan fingerprint density at radius 3 is 3.11 bits per heavy atom. The fraction of sp³-hybridized carbons (Fsp3) is 0.500. The lowest BCUT2D eigenvalue weighted by atomic mass is 10.0. The molecule has 0 amide bonds. The fourth-order valence-electron chi connectivity index (χ4n) is 2.26. The maximum Gasteiger partial charge on any atom is 0.135 e. The highest BCUT2D eigenvalue weighted by Crippen LogP contribution is 2.14. The maximum absolute atomic E-state index is 10.1. The second kappa shape index (κ2) is 4.64.